The van der Waals surface area contributed by atoms with Gasteiger partial charge in [-0.2, -0.15) is 0 Å². The summed E-state index contributed by atoms with van der Waals surface area (Å²) in [6.07, 6.45) is 4.54. The second kappa shape index (κ2) is 1.98. The summed E-state index contributed by atoms with van der Waals surface area (Å²) in [4.78, 5) is 0. The van der Waals surface area contributed by atoms with Crippen LogP contribution in [0.3, 0.4) is 0 Å². The number of hydrogen-bond acceptors (Lipinski definition) is 2. The first kappa shape index (κ1) is 4.65. The van der Waals surface area contributed by atoms with Gasteiger partial charge < -0.3 is 9.84 Å². The summed E-state index contributed by atoms with van der Waals surface area (Å²) in [5.74, 6) is 0. The van der Waals surface area contributed by atoms with Crippen molar-refractivity contribution in [1.82, 2.24) is 0 Å². The zero-order valence-electron chi connectivity index (χ0n) is 4.00. The number of allylic oxidation sites excluding steroid dienone is 1. The van der Waals surface area contributed by atoms with Gasteiger partial charge in [-0.1, -0.05) is 0 Å². The Morgan fingerprint density at radius 2 is 2.57 bits per heavy atom. The molecule has 1 atom stereocenters. The molecule has 0 saturated carbocycles. The van der Waals surface area contributed by atoms with E-state index in [4.69, 9.17) is 5.11 Å². The van der Waals surface area contributed by atoms with Gasteiger partial charge in [-0.3, -0.25) is 0 Å². The topological polar surface area (TPSA) is 29.5 Å². The predicted molar refractivity (Wildman–Crippen MR) is 25.5 cm³/mol. The first-order valence-corrected chi connectivity index (χ1v) is 2.38. The summed E-state index contributed by atoms with van der Waals surface area (Å²) < 4.78 is 4.65. The molecule has 0 spiro atoms. The molecule has 0 radical (unpaired) electrons. The lowest BCUT2D eigenvalue weighted by Gasteiger charge is -2.11. The molecule has 1 aliphatic rings. The van der Waals surface area contributed by atoms with E-state index >= 15 is 0 Å². The lowest BCUT2D eigenvalue weighted by atomic mass is 10.3. The van der Waals surface area contributed by atoms with Gasteiger partial charge >= 0.3 is 0 Å². The van der Waals surface area contributed by atoms with Gasteiger partial charge in [-0.15, -0.1) is 0 Å². The van der Waals surface area contributed by atoms with Crippen LogP contribution in [0.2, 0.25) is 0 Å². The Kier molecular flexibility index (Phi) is 1.32. The van der Waals surface area contributed by atoms with E-state index in [0.717, 1.165) is 12.8 Å². The number of aliphatic hydroxyl groups excluding tert-OH is 1. The predicted octanol–water partition coefficient (Wildman–Crippen LogP) is 0.629. The molecule has 1 N–H and O–H groups in total. The highest BCUT2D eigenvalue weighted by molar-refractivity contribution is 4.78. The maximum atomic E-state index is 8.64. The Hall–Kier alpha value is -0.500. The van der Waals surface area contributed by atoms with Gasteiger partial charge in [0.1, 0.15) is 0 Å². The van der Waals surface area contributed by atoms with E-state index in [0.29, 0.717) is 0 Å². The minimum absolute atomic E-state index is 0.551. The highest BCUT2D eigenvalue weighted by atomic mass is 16.6. The molecule has 0 fully saturated rings. The molecule has 0 saturated heterocycles. The average Bonchev–Trinajstić information content (AvgIpc) is 1.69. The molecule has 0 aromatic carbocycles. The quantitative estimate of drug-likeness (QED) is 0.483. The van der Waals surface area contributed by atoms with Crippen molar-refractivity contribution >= 4 is 0 Å². The van der Waals surface area contributed by atoms with Crippen molar-refractivity contribution in [3.05, 3.63) is 12.3 Å². The molecule has 1 unspecified atom stereocenters. The summed E-state index contributed by atoms with van der Waals surface area (Å²) in [5.41, 5.74) is 0. The molecule has 1 rings (SSSR count). The van der Waals surface area contributed by atoms with Crippen LogP contribution in [-0.4, -0.2) is 11.4 Å². The van der Waals surface area contributed by atoms with Crippen LogP contribution in [0.25, 0.3) is 0 Å². The molecule has 2 heteroatoms. The van der Waals surface area contributed by atoms with E-state index in [2.05, 4.69) is 4.74 Å². The molecule has 1 heterocycles. The second-order valence-corrected chi connectivity index (χ2v) is 1.54. The van der Waals surface area contributed by atoms with Crippen molar-refractivity contribution < 1.29 is 9.84 Å². The Balaban J connectivity index is 2.32. The molecule has 2 nitrogen and oxygen atoms in total. The maximum absolute atomic E-state index is 8.64. The highest BCUT2D eigenvalue weighted by Gasteiger charge is 2.02. The fraction of sp³-hybridized carbons (Fsp3) is 0.600. The molecule has 1 aliphatic heterocycles. The molecule has 0 bridgehead atoms. The first-order valence-electron chi connectivity index (χ1n) is 2.38. The average molecular weight is 100 g/mol. The van der Waals surface area contributed by atoms with Crippen LogP contribution < -0.4 is 0 Å². The van der Waals surface area contributed by atoms with Crippen molar-refractivity contribution in [1.29, 1.82) is 0 Å². The molecule has 7 heavy (non-hydrogen) atoms. The fourth-order valence-electron chi connectivity index (χ4n) is 0.521. The zero-order chi connectivity index (χ0) is 5.11. The Labute approximate surface area is 42.4 Å². The minimum atomic E-state index is -0.551. The van der Waals surface area contributed by atoms with Crippen LogP contribution in [0.4, 0.5) is 0 Å². The number of rotatable bonds is 0. The summed E-state index contributed by atoms with van der Waals surface area (Å²) in [6, 6.07) is 0. The standard InChI is InChI=1S/C5H8O2/c6-5-3-1-2-4-7-5/h2,4-6H,1,3H2. The third-order valence-corrected chi connectivity index (χ3v) is 0.912. The lowest BCUT2D eigenvalue weighted by Crippen LogP contribution is -2.09. The molecular formula is C5H8O2. The Morgan fingerprint density at radius 1 is 1.71 bits per heavy atom. The van der Waals surface area contributed by atoms with E-state index < -0.39 is 6.29 Å². The smallest absolute Gasteiger partial charge is 0.196 e. The molecule has 40 valence electrons. The number of aliphatic hydroxyl groups is 1. The van der Waals surface area contributed by atoms with Gasteiger partial charge in [-0.05, 0) is 12.5 Å². The van der Waals surface area contributed by atoms with Crippen molar-refractivity contribution in [2.24, 2.45) is 0 Å². The minimum Gasteiger partial charge on any atom is -0.473 e. The third-order valence-electron chi connectivity index (χ3n) is 0.912. The second-order valence-electron chi connectivity index (χ2n) is 1.54. The van der Waals surface area contributed by atoms with Gasteiger partial charge in [0, 0.05) is 6.42 Å². The SMILES string of the molecule is OC1CCC=CO1. The van der Waals surface area contributed by atoms with Gasteiger partial charge in [0.05, 0.1) is 6.26 Å². The number of ether oxygens (including phenoxy) is 1. The van der Waals surface area contributed by atoms with Gasteiger partial charge in [0.15, 0.2) is 6.29 Å². The van der Waals surface area contributed by atoms with Crippen LogP contribution in [0.5, 0.6) is 0 Å². The van der Waals surface area contributed by atoms with E-state index in [9.17, 15) is 0 Å². The molecule has 0 aliphatic carbocycles. The van der Waals surface area contributed by atoms with Crippen molar-refractivity contribution in [3.8, 4) is 0 Å². The Morgan fingerprint density at radius 3 is 2.86 bits per heavy atom. The van der Waals surface area contributed by atoms with Crippen LogP contribution in [0, 0.1) is 0 Å². The molecule has 0 aromatic heterocycles. The lowest BCUT2D eigenvalue weighted by molar-refractivity contribution is -0.0622. The summed E-state index contributed by atoms with van der Waals surface area (Å²) >= 11 is 0. The highest BCUT2D eigenvalue weighted by Crippen LogP contribution is 2.05. The van der Waals surface area contributed by atoms with E-state index in [1.807, 2.05) is 6.08 Å². The molecule has 0 amide bonds. The van der Waals surface area contributed by atoms with E-state index in [1.54, 1.807) is 0 Å². The maximum Gasteiger partial charge on any atom is 0.196 e. The van der Waals surface area contributed by atoms with Crippen molar-refractivity contribution in [3.63, 3.8) is 0 Å². The fourth-order valence-corrected chi connectivity index (χ4v) is 0.521. The largest absolute Gasteiger partial charge is 0.473 e. The molecular weight excluding hydrogens is 92.1 g/mol. The van der Waals surface area contributed by atoms with Gasteiger partial charge in [-0.25, -0.2) is 0 Å². The van der Waals surface area contributed by atoms with Crippen LogP contribution in [-0.2, 0) is 4.74 Å². The summed E-state index contributed by atoms with van der Waals surface area (Å²) in [7, 11) is 0. The van der Waals surface area contributed by atoms with Crippen LogP contribution >= 0.6 is 0 Å². The third kappa shape index (κ3) is 1.20. The summed E-state index contributed by atoms with van der Waals surface area (Å²) in [5, 5.41) is 8.64. The van der Waals surface area contributed by atoms with Crippen molar-refractivity contribution in [2.45, 2.75) is 19.1 Å². The van der Waals surface area contributed by atoms with Crippen LogP contribution in [0.15, 0.2) is 12.3 Å². The normalized spacial score (nSPS) is 29.6. The van der Waals surface area contributed by atoms with Crippen molar-refractivity contribution in [2.75, 3.05) is 0 Å². The van der Waals surface area contributed by atoms with Crippen LogP contribution in [0.1, 0.15) is 12.8 Å². The van der Waals surface area contributed by atoms with E-state index in [1.165, 1.54) is 6.26 Å². The summed E-state index contributed by atoms with van der Waals surface area (Å²) in [6.45, 7) is 0. The molecule has 0 aromatic rings. The van der Waals surface area contributed by atoms with Gasteiger partial charge in [0.25, 0.3) is 0 Å². The Bertz CT molecular complexity index is 78.1. The van der Waals surface area contributed by atoms with Gasteiger partial charge in [0.2, 0.25) is 0 Å². The monoisotopic (exact) mass is 100 g/mol. The zero-order valence-corrected chi connectivity index (χ0v) is 4.00. The number of hydrogen-bond donors (Lipinski definition) is 1. The first-order chi connectivity index (χ1) is 3.39. The van der Waals surface area contributed by atoms with E-state index in [-0.39, 0.29) is 0 Å².